The minimum Gasteiger partial charge on any atom is -0.278 e. The molecule has 1 aliphatic heterocycles. The summed E-state index contributed by atoms with van der Waals surface area (Å²) in [6, 6.07) is 38.5. The first kappa shape index (κ1) is 26.4. The quantitative estimate of drug-likeness (QED) is 0.185. The molecule has 0 N–H and O–H groups in total. The van der Waals surface area contributed by atoms with E-state index in [9.17, 15) is 8.42 Å². The lowest BCUT2D eigenvalue weighted by atomic mass is 9.71. The molecule has 196 valence electrons. The molecule has 5 rings (SSSR count). The van der Waals surface area contributed by atoms with Crippen LogP contribution in [-0.2, 0) is 19.8 Å². The number of rotatable bonds is 8. The summed E-state index contributed by atoms with van der Waals surface area (Å²) in [4.78, 5) is 2.68. The second kappa shape index (κ2) is 10.9. The third kappa shape index (κ3) is 4.94. The fraction of sp³-hybridized carbons (Fsp3) is 0.273. The zero-order chi connectivity index (χ0) is 26.6. The minimum absolute atomic E-state index is 0.0669. The number of piperidine rings is 1. The highest BCUT2D eigenvalue weighted by atomic mass is 32.2. The number of hydrogen-bond acceptors (Lipinski definition) is 4. The van der Waals surface area contributed by atoms with Crippen molar-refractivity contribution in [3.8, 4) is 0 Å². The molecule has 4 aromatic rings. The van der Waals surface area contributed by atoms with Crippen LogP contribution in [0.15, 0.2) is 120 Å². The first-order chi connectivity index (χ1) is 18.4. The summed E-state index contributed by atoms with van der Waals surface area (Å²) in [7, 11) is -3.90. The number of likely N-dealkylation sites (tertiary alicyclic amines) is 1. The number of nitrogens with zero attached hydrogens (tertiary/aromatic N) is 1. The van der Waals surface area contributed by atoms with Crippen LogP contribution < -0.4 is 0 Å². The van der Waals surface area contributed by atoms with E-state index < -0.39 is 21.2 Å². The Labute approximate surface area is 227 Å². The Morgan fingerprint density at radius 2 is 1.21 bits per heavy atom. The van der Waals surface area contributed by atoms with Gasteiger partial charge >= 0.3 is 0 Å². The first-order valence-electron chi connectivity index (χ1n) is 13.3. The molecule has 1 aliphatic rings. The van der Waals surface area contributed by atoms with E-state index >= 15 is 0 Å². The summed E-state index contributed by atoms with van der Waals surface area (Å²) < 4.78 is 32.4. The molecule has 0 bridgehead atoms. The van der Waals surface area contributed by atoms with Crippen LogP contribution in [0, 0.1) is 6.92 Å². The van der Waals surface area contributed by atoms with E-state index in [1.165, 1.54) is 0 Å². The van der Waals surface area contributed by atoms with Gasteiger partial charge in [-0.25, -0.2) is 0 Å². The smallest absolute Gasteiger partial charge is 0.278 e. The molecule has 0 saturated carbocycles. The Bertz CT molecular complexity index is 1340. The molecule has 4 aromatic carbocycles. The van der Waals surface area contributed by atoms with Gasteiger partial charge in [0, 0.05) is 12.1 Å². The van der Waals surface area contributed by atoms with Gasteiger partial charge in [0.05, 0.1) is 17.0 Å². The molecule has 38 heavy (non-hydrogen) atoms. The molecule has 1 saturated heterocycles. The van der Waals surface area contributed by atoms with Crippen molar-refractivity contribution in [2.24, 2.45) is 0 Å². The first-order valence-corrected chi connectivity index (χ1v) is 14.7. The average molecular weight is 526 g/mol. The maximum atomic E-state index is 13.3. The number of hydrogen-bond donors (Lipinski definition) is 0. The van der Waals surface area contributed by atoms with E-state index in [-0.39, 0.29) is 11.5 Å². The Morgan fingerprint density at radius 1 is 0.737 bits per heavy atom. The van der Waals surface area contributed by atoms with Crippen LogP contribution in [-0.4, -0.2) is 32.0 Å². The third-order valence-corrected chi connectivity index (χ3v) is 9.09. The lowest BCUT2D eigenvalue weighted by Crippen LogP contribution is -2.62. The van der Waals surface area contributed by atoms with Crippen LogP contribution in [0.4, 0.5) is 0 Å². The van der Waals surface area contributed by atoms with Crippen LogP contribution in [0.1, 0.15) is 48.4 Å². The molecule has 0 aromatic heterocycles. The Hall–Kier alpha value is -3.25. The van der Waals surface area contributed by atoms with Crippen molar-refractivity contribution >= 4 is 10.1 Å². The second-order valence-electron chi connectivity index (χ2n) is 10.4. The highest BCUT2D eigenvalue weighted by Crippen LogP contribution is 2.48. The molecular weight excluding hydrogens is 490 g/mol. The van der Waals surface area contributed by atoms with Crippen molar-refractivity contribution in [2.75, 3.05) is 13.2 Å². The van der Waals surface area contributed by atoms with E-state index in [0.29, 0.717) is 0 Å². The molecule has 1 atom stereocenters. The van der Waals surface area contributed by atoms with Crippen molar-refractivity contribution in [2.45, 2.75) is 49.1 Å². The molecule has 0 unspecified atom stereocenters. The molecule has 0 amide bonds. The molecule has 1 heterocycles. The fourth-order valence-corrected chi connectivity index (χ4v) is 6.90. The van der Waals surface area contributed by atoms with Crippen LogP contribution in [0.3, 0.4) is 0 Å². The van der Waals surface area contributed by atoms with Crippen molar-refractivity contribution in [1.82, 2.24) is 4.90 Å². The molecule has 4 nitrogen and oxygen atoms in total. The average Bonchev–Trinajstić information content (AvgIpc) is 2.96. The van der Waals surface area contributed by atoms with E-state index in [4.69, 9.17) is 4.18 Å². The summed E-state index contributed by atoms with van der Waals surface area (Å²) in [6.45, 7) is 4.97. The van der Waals surface area contributed by atoms with Crippen LogP contribution >= 0.6 is 0 Å². The monoisotopic (exact) mass is 525 g/mol. The Morgan fingerprint density at radius 3 is 1.68 bits per heavy atom. The van der Waals surface area contributed by atoms with E-state index in [1.54, 1.807) is 24.3 Å². The minimum atomic E-state index is -3.90. The van der Waals surface area contributed by atoms with E-state index in [2.05, 4.69) is 84.6 Å². The van der Waals surface area contributed by atoms with Gasteiger partial charge in [0.15, 0.2) is 0 Å². The van der Waals surface area contributed by atoms with Crippen LogP contribution in [0.2, 0.25) is 0 Å². The lowest BCUT2D eigenvalue weighted by molar-refractivity contribution is -0.0307. The summed E-state index contributed by atoms with van der Waals surface area (Å²) in [5.41, 5.74) is 3.27. The van der Waals surface area contributed by atoms with E-state index in [0.717, 1.165) is 48.1 Å². The molecule has 1 fully saturated rings. The highest BCUT2D eigenvalue weighted by molar-refractivity contribution is 7.86. The molecule has 0 spiro atoms. The van der Waals surface area contributed by atoms with Crippen LogP contribution in [0.5, 0.6) is 0 Å². The second-order valence-corrected chi connectivity index (χ2v) is 12.1. The van der Waals surface area contributed by atoms with Gasteiger partial charge < -0.3 is 0 Å². The third-order valence-electron chi connectivity index (χ3n) is 7.81. The predicted molar refractivity (Wildman–Crippen MR) is 152 cm³/mol. The van der Waals surface area contributed by atoms with Gasteiger partial charge in [-0.15, -0.1) is 0 Å². The fourth-order valence-electron chi connectivity index (χ4n) is 5.89. The Balaban J connectivity index is 1.65. The maximum absolute atomic E-state index is 13.3. The van der Waals surface area contributed by atoms with Crippen molar-refractivity contribution in [1.29, 1.82) is 0 Å². The molecule has 5 heteroatoms. The van der Waals surface area contributed by atoms with Gasteiger partial charge in [-0.1, -0.05) is 115 Å². The summed E-state index contributed by atoms with van der Waals surface area (Å²) in [6.07, 6.45) is 2.86. The molecular formula is C33H35NO3S. The summed E-state index contributed by atoms with van der Waals surface area (Å²) in [5.74, 6) is 0. The van der Waals surface area contributed by atoms with Crippen molar-refractivity contribution in [3.63, 3.8) is 0 Å². The van der Waals surface area contributed by atoms with Crippen molar-refractivity contribution in [3.05, 3.63) is 138 Å². The highest BCUT2D eigenvalue weighted by Gasteiger charge is 2.51. The SMILES string of the molecule is Cc1ccc(S(=O)(=O)OC[C@@]2(C)CCCCN2C(c2ccccc2)(c2ccccc2)c2ccccc2)cc1. The van der Waals surface area contributed by atoms with Gasteiger partial charge in [0.1, 0.15) is 0 Å². The van der Waals surface area contributed by atoms with Gasteiger partial charge in [-0.05, 0) is 55.5 Å². The van der Waals surface area contributed by atoms with Gasteiger partial charge in [0.25, 0.3) is 10.1 Å². The number of benzene rings is 4. The maximum Gasteiger partial charge on any atom is 0.297 e. The zero-order valence-electron chi connectivity index (χ0n) is 22.1. The molecule has 0 radical (unpaired) electrons. The molecule has 0 aliphatic carbocycles. The standard InChI is InChI=1S/C33H35NO3S/c1-27-20-22-31(23-21-27)38(35,36)37-26-32(2)24-12-13-25-34(32)33(28-14-6-3-7-15-28,29-16-8-4-9-17-29)30-18-10-5-11-19-30/h3-11,14-23H,12-13,24-26H2,1-2H3/t32-/m1/s1. The zero-order valence-corrected chi connectivity index (χ0v) is 22.9. The van der Waals surface area contributed by atoms with Gasteiger partial charge in [-0.2, -0.15) is 8.42 Å². The van der Waals surface area contributed by atoms with Crippen molar-refractivity contribution < 1.29 is 12.6 Å². The largest absolute Gasteiger partial charge is 0.297 e. The predicted octanol–water partition coefficient (Wildman–Crippen LogP) is 6.94. The summed E-state index contributed by atoms with van der Waals surface area (Å²) in [5, 5.41) is 0. The van der Waals surface area contributed by atoms with E-state index in [1.807, 2.05) is 25.1 Å². The summed E-state index contributed by atoms with van der Waals surface area (Å²) >= 11 is 0. The van der Waals surface area contributed by atoms with Crippen LogP contribution in [0.25, 0.3) is 0 Å². The number of aryl methyl sites for hydroxylation is 1. The van der Waals surface area contributed by atoms with Gasteiger partial charge in [-0.3, -0.25) is 9.08 Å². The Kier molecular flexibility index (Phi) is 7.53. The topological polar surface area (TPSA) is 46.6 Å². The lowest BCUT2D eigenvalue weighted by Gasteiger charge is -2.56. The normalized spacial score (nSPS) is 18.8. The van der Waals surface area contributed by atoms with Gasteiger partial charge in [0.2, 0.25) is 0 Å².